The number of anilines is 2. The zero-order valence-electron chi connectivity index (χ0n) is 10.9. The minimum atomic E-state index is -1.33. The van der Waals surface area contributed by atoms with Gasteiger partial charge in [-0.3, -0.25) is 0 Å². The van der Waals surface area contributed by atoms with Crippen molar-refractivity contribution in [3.05, 3.63) is 41.5 Å². The fourth-order valence-electron chi connectivity index (χ4n) is 1.75. The normalized spacial score (nSPS) is 10.2. The molecule has 0 amide bonds. The highest BCUT2D eigenvalue weighted by atomic mass is 16.4. The Morgan fingerprint density at radius 2 is 1.36 bits per heavy atom. The van der Waals surface area contributed by atoms with E-state index >= 15 is 0 Å². The van der Waals surface area contributed by atoms with Gasteiger partial charge in [-0.25, -0.2) is 9.59 Å². The SMILES string of the molecule is O=C(O)c1ccc(O)c(Nc2cc(C(=O)O)cc(O)c2O)c1. The smallest absolute Gasteiger partial charge is 0.335 e. The van der Waals surface area contributed by atoms with Crippen molar-refractivity contribution in [3.8, 4) is 17.2 Å². The molecule has 0 aliphatic rings. The first-order valence-electron chi connectivity index (χ1n) is 5.92. The van der Waals surface area contributed by atoms with Gasteiger partial charge in [-0.05, 0) is 30.3 Å². The highest BCUT2D eigenvalue weighted by molar-refractivity contribution is 5.92. The molecule has 0 heterocycles. The minimum Gasteiger partial charge on any atom is -0.506 e. The molecule has 2 aromatic carbocycles. The zero-order chi connectivity index (χ0) is 16.4. The molecule has 0 bridgehead atoms. The van der Waals surface area contributed by atoms with Crippen LogP contribution in [0.4, 0.5) is 11.4 Å². The van der Waals surface area contributed by atoms with E-state index in [9.17, 15) is 24.9 Å². The van der Waals surface area contributed by atoms with Crippen LogP contribution in [0.15, 0.2) is 30.3 Å². The lowest BCUT2D eigenvalue weighted by Gasteiger charge is -2.12. The van der Waals surface area contributed by atoms with Gasteiger partial charge in [-0.15, -0.1) is 0 Å². The van der Waals surface area contributed by atoms with Gasteiger partial charge in [0.25, 0.3) is 0 Å². The number of hydrogen-bond acceptors (Lipinski definition) is 6. The molecule has 2 rings (SSSR count). The standard InChI is InChI=1S/C14H11NO7/c16-10-2-1-6(13(19)20)3-8(10)15-9-4-7(14(21)22)5-11(17)12(9)18/h1-5,15-18H,(H,19,20)(H,21,22). The number of aromatic hydroxyl groups is 3. The second kappa shape index (κ2) is 5.52. The van der Waals surface area contributed by atoms with Crippen molar-refractivity contribution >= 4 is 23.3 Å². The van der Waals surface area contributed by atoms with Gasteiger partial charge in [-0.1, -0.05) is 0 Å². The highest BCUT2D eigenvalue weighted by Crippen LogP contribution is 2.38. The Morgan fingerprint density at radius 1 is 0.773 bits per heavy atom. The summed E-state index contributed by atoms with van der Waals surface area (Å²) < 4.78 is 0. The van der Waals surface area contributed by atoms with Gasteiger partial charge < -0.3 is 30.8 Å². The van der Waals surface area contributed by atoms with Crippen LogP contribution in [0.1, 0.15) is 20.7 Å². The summed E-state index contributed by atoms with van der Waals surface area (Å²) in [5.41, 5.74) is -0.697. The first-order valence-corrected chi connectivity index (χ1v) is 5.92. The van der Waals surface area contributed by atoms with Gasteiger partial charge in [0.2, 0.25) is 0 Å². The molecule has 0 saturated carbocycles. The van der Waals surface area contributed by atoms with Crippen molar-refractivity contribution in [3.63, 3.8) is 0 Å². The van der Waals surface area contributed by atoms with Crippen LogP contribution in [-0.2, 0) is 0 Å². The number of phenolic OH excluding ortho intramolecular Hbond substituents is 3. The predicted molar refractivity (Wildman–Crippen MR) is 75.1 cm³/mol. The van der Waals surface area contributed by atoms with Crippen LogP contribution in [0.5, 0.6) is 17.2 Å². The second-order valence-corrected chi connectivity index (χ2v) is 4.36. The average molecular weight is 305 g/mol. The summed E-state index contributed by atoms with van der Waals surface area (Å²) in [5, 5.41) is 49.2. The molecule has 0 aliphatic heterocycles. The first-order chi connectivity index (χ1) is 10.3. The quantitative estimate of drug-likeness (QED) is 0.469. The maximum absolute atomic E-state index is 10.9. The molecule has 22 heavy (non-hydrogen) atoms. The van der Waals surface area contributed by atoms with Gasteiger partial charge in [0.15, 0.2) is 11.5 Å². The molecule has 0 atom stereocenters. The summed E-state index contributed by atoms with van der Waals surface area (Å²) in [6.07, 6.45) is 0. The Kier molecular flexibility index (Phi) is 3.76. The maximum Gasteiger partial charge on any atom is 0.335 e. The molecule has 0 saturated heterocycles. The van der Waals surface area contributed by atoms with Crippen molar-refractivity contribution in [1.82, 2.24) is 0 Å². The second-order valence-electron chi connectivity index (χ2n) is 4.36. The van der Waals surface area contributed by atoms with E-state index in [-0.39, 0.29) is 28.3 Å². The van der Waals surface area contributed by atoms with Crippen LogP contribution in [0.25, 0.3) is 0 Å². The third-order valence-electron chi connectivity index (χ3n) is 2.85. The number of aromatic carboxylic acids is 2. The molecule has 8 heteroatoms. The van der Waals surface area contributed by atoms with E-state index in [0.717, 1.165) is 24.3 Å². The summed E-state index contributed by atoms with van der Waals surface area (Å²) in [6, 6.07) is 5.29. The predicted octanol–water partition coefficient (Wildman–Crippen LogP) is 1.94. The van der Waals surface area contributed by atoms with Crippen LogP contribution in [0, 0.1) is 0 Å². The highest BCUT2D eigenvalue weighted by Gasteiger charge is 2.15. The summed E-state index contributed by atoms with van der Waals surface area (Å²) >= 11 is 0. The molecule has 6 N–H and O–H groups in total. The first kappa shape index (κ1) is 15.0. The fourth-order valence-corrected chi connectivity index (χ4v) is 1.75. The summed E-state index contributed by atoms with van der Waals surface area (Å²) in [7, 11) is 0. The van der Waals surface area contributed by atoms with Crippen LogP contribution in [0.3, 0.4) is 0 Å². The number of rotatable bonds is 4. The molecule has 0 unspecified atom stereocenters. The molecule has 114 valence electrons. The van der Waals surface area contributed by atoms with E-state index in [1.54, 1.807) is 0 Å². The fraction of sp³-hybridized carbons (Fsp3) is 0. The minimum absolute atomic E-state index is 0.0721. The van der Waals surface area contributed by atoms with E-state index < -0.39 is 23.4 Å². The Morgan fingerprint density at radius 3 is 1.95 bits per heavy atom. The Balaban J connectivity index is 2.49. The summed E-state index contributed by atoms with van der Waals surface area (Å²) in [4.78, 5) is 21.8. The van der Waals surface area contributed by atoms with Crippen molar-refractivity contribution in [1.29, 1.82) is 0 Å². The molecule has 0 fully saturated rings. The number of carboxylic acids is 2. The zero-order valence-corrected chi connectivity index (χ0v) is 10.9. The molecular formula is C14H11NO7. The van der Waals surface area contributed by atoms with Gasteiger partial charge >= 0.3 is 11.9 Å². The molecule has 2 aromatic rings. The van der Waals surface area contributed by atoms with Gasteiger partial charge in [0, 0.05) is 0 Å². The van der Waals surface area contributed by atoms with Gasteiger partial charge in [0.1, 0.15) is 5.75 Å². The maximum atomic E-state index is 10.9. The Bertz CT molecular complexity index is 770. The summed E-state index contributed by atoms with van der Waals surface area (Å²) in [5.74, 6) is -4.18. The van der Waals surface area contributed by atoms with Crippen molar-refractivity contribution in [2.24, 2.45) is 0 Å². The van der Waals surface area contributed by atoms with Crippen LogP contribution in [0.2, 0.25) is 0 Å². The largest absolute Gasteiger partial charge is 0.506 e. The van der Waals surface area contributed by atoms with E-state index in [1.807, 2.05) is 0 Å². The number of phenols is 3. The van der Waals surface area contributed by atoms with Crippen molar-refractivity contribution in [2.45, 2.75) is 0 Å². The lowest BCUT2D eigenvalue weighted by Crippen LogP contribution is -2.01. The number of benzene rings is 2. The van der Waals surface area contributed by atoms with Gasteiger partial charge in [-0.2, -0.15) is 0 Å². The summed E-state index contributed by atoms with van der Waals surface area (Å²) in [6.45, 7) is 0. The topological polar surface area (TPSA) is 147 Å². The molecular weight excluding hydrogens is 294 g/mol. The van der Waals surface area contributed by atoms with E-state index in [4.69, 9.17) is 10.2 Å². The third kappa shape index (κ3) is 2.85. The van der Waals surface area contributed by atoms with E-state index in [0.29, 0.717) is 0 Å². The van der Waals surface area contributed by atoms with E-state index in [2.05, 4.69) is 5.32 Å². The molecule has 0 spiro atoms. The number of nitrogens with one attached hydrogen (secondary N) is 1. The van der Waals surface area contributed by atoms with Crippen LogP contribution < -0.4 is 5.32 Å². The average Bonchev–Trinajstić information content (AvgIpc) is 2.45. The number of carbonyl (C=O) groups is 2. The van der Waals surface area contributed by atoms with Crippen molar-refractivity contribution < 1.29 is 35.1 Å². The molecule has 0 aliphatic carbocycles. The lowest BCUT2D eigenvalue weighted by atomic mass is 10.1. The Hall–Kier alpha value is -3.42. The molecule has 8 nitrogen and oxygen atoms in total. The lowest BCUT2D eigenvalue weighted by molar-refractivity contribution is 0.0686. The van der Waals surface area contributed by atoms with Gasteiger partial charge in [0.05, 0.1) is 22.5 Å². The van der Waals surface area contributed by atoms with Crippen LogP contribution >= 0.6 is 0 Å². The molecule has 0 radical (unpaired) electrons. The monoisotopic (exact) mass is 305 g/mol. The Labute approximate surface area is 123 Å². The number of hydrogen-bond donors (Lipinski definition) is 6. The van der Waals surface area contributed by atoms with Crippen LogP contribution in [-0.4, -0.2) is 37.5 Å². The van der Waals surface area contributed by atoms with E-state index in [1.165, 1.54) is 6.07 Å². The number of carboxylic acid groups (broad SMARTS) is 2. The molecule has 0 aromatic heterocycles. The third-order valence-corrected chi connectivity index (χ3v) is 2.85. The van der Waals surface area contributed by atoms with Crippen molar-refractivity contribution in [2.75, 3.05) is 5.32 Å².